The highest BCUT2D eigenvalue weighted by atomic mass is 16.6. The quantitative estimate of drug-likeness (QED) is 0.734. The Bertz CT molecular complexity index is 930. The topological polar surface area (TPSA) is 97.7 Å². The van der Waals surface area contributed by atoms with E-state index in [0.29, 0.717) is 0 Å². The van der Waals surface area contributed by atoms with E-state index in [1.54, 1.807) is 6.20 Å². The summed E-state index contributed by atoms with van der Waals surface area (Å²) in [6.45, 7) is 5.61. The molecule has 1 fully saturated rings. The van der Waals surface area contributed by atoms with Crippen LogP contribution in [0, 0.1) is 0 Å². The Balaban J connectivity index is 1.46. The van der Waals surface area contributed by atoms with Gasteiger partial charge in [-0.15, -0.1) is 5.10 Å². The zero-order chi connectivity index (χ0) is 18.3. The first-order valence-electron chi connectivity index (χ1n) is 9.07. The van der Waals surface area contributed by atoms with Gasteiger partial charge in [0.25, 0.3) is 0 Å². The molecule has 0 radical (unpaired) electrons. The second-order valence-electron chi connectivity index (χ2n) is 7.92. The van der Waals surface area contributed by atoms with Crippen LogP contribution in [0.4, 0.5) is 4.79 Å². The molecule has 1 amide bonds. The van der Waals surface area contributed by atoms with Crippen LogP contribution in [-0.4, -0.2) is 42.7 Å². The number of ether oxygens (including phenoxy) is 1. The smallest absolute Gasteiger partial charge is 0.407 e. The minimum Gasteiger partial charge on any atom is -0.444 e. The molecule has 1 saturated carbocycles. The average Bonchev–Trinajstić information content (AvgIpc) is 3.19. The van der Waals surface area contributed by atoms with Crippen molar-refractivity contribution in [2.24, 2.45) is 0 Å². The molecule has 3 aromatic heterocycles. The molecular weight excluding hydrogens is 332 g/mol. The van der Waals surface area contributed by atoms with Gasteiger partial charge >= 0.3 is 6.09 Å². The molecule has 2 N–H and O–H groups in total. The van der Waals surface area contributed by atoms with Crippen molar-refractivity contribution in [3.05, 3.63) is 18.5 Å². The molecule has 0 saturated heterocycles. The normalized spacial score (nSPS) is 21.2. The second-order valence-corrected chi connectivity index (χ2v) is 7.92. The summed E-state index contributed by atoms with van der Waals surface area (Å²) >= 11 is 0. The molecular formula is C18H24N6O2. The van der Waals surface area contributed by atoms with Crippen LogP contribution in [0.1, 0.15) is 52.5 Å². The van der Waals surface area contributed by atoms with E-state index in [9.17, 15) is 4.79 Å². The maximum absolute atomic E-state index is 12.0. The summed E-state index contributed by atoms with van der Waals surface area (Å²) in [6, 6.07) is 2.43. The van der Waals surface area contributed by atoms with Gasteiger partial charge in [-0.3, -0.25) is 0 Å². The maximum Gasteiger partial charge on any atom is 0.407 e. The summed E-state index contributed by atoms with van der Waals surface area (Å²) in [5.74, 6) is 0. The Morgan fingerprint density at radius 2 is 2.08 bits per heavy atom. The number of hydrogen-bond donors (Lipinski definition) is 2. The number of pyridine rings is 1. The molecule has 3 aromatic rings. The lowest BCUT2D eigenvalue weighted by Gasteiger charge is -2.30. The van der Waals surface area contributed by atoms with Gasteiger partial charge in [0.1, 0.15) is 22.3 Å². The molecule has 3 heterocycles. The predicted molar refractivity (Wildman–Crippen MR) is 97.8 cm³/mol. The number of alkyl carbamates (subject to hydrolysis) is 1. The van der Waals surface area contributed by atoms with E-state index < -0.39 is 5.60 Å². The maximum atomic E-state index is 12.0. The van der Waals surface area contributed by atoms with Gasteiger partial charge in [0.15, 0.2) is 0 Å². The average molecular weight is 356 g/mol. The molecule has 138 valence electrons. The van der Waals surface area contributed by atoms with Crippen molar-refractivity contribution >= 4 is 28.2 Å². The van der Waals surface area contributed by atoms with Gasteiger partial charge < -0.3 is 15.0 Å². The Morgan fingerprint density at radius 1 is 1.31 bits per heavy atom. The van der Waals surface area contributed by atoms with E-state index in [2.05, 4.69) is 25.6 Å². The molecule has 0 aromatic carbocycles. The minimum atomic E-state index is -0.475. The third-order valence-electron chi connectivity index (χ3n) is 4.78. The second kappa shape index (κ2) is 6.26. The first-order valence-corrected chi connectivity index (χ1v) is 9.07. The Labute approximate surface area is 151 Å². The molecule has 1 aliphatic rings. The zero-order valence-electron chi connectivity index (χ0n) is 15.3. The lowest BCUT2D eigenvalue weighted by molar-refractivity contribution is 0.0487. The number of aromatic nitrogens is 5. The van der Waals surface area contributed by atoms with Crippen LogP contribution in [0.3, 0.4) is 0 Å². The summed E-state index contributed by atoms with van der Waals surface area (Å²) in [5.41, 5.74) is 2.21. The van der Waals surface area contributed by atoms with Crippen molar-refractivity contribution in [1.29, 1.82) is 0 Å². The number of nitrogens with zero attached hydrogens (tertiary/aromatic N) is 4. The monoisotopic (exact) mass is 356 g/mol. The number of hydrogen-bond acceptors (Lipinski definition) is 5. The molecule has 4 rings (SSSR count). The van der Waals surface area contributed by atoms with Gasteiger partial charge in [-0.1, -0.05) is 5.21 Å². The van der Waals surface area contributed by atoms with E-state index >= 15 is 0 Å². The standard InChI is InChI=1S/C18H24N6O2/c1-18(2,3)26-17(25)21-11-4-6-12(7-5-11)24-15-13-8-9-19-16(13)20-10-14(15)22-23-24/h8-12H,4-7H2,1-3H3,(H,19,20)(H,21,25). The lowest BCUT2D eigenvalue weighted by Crippen LogP contribution is -2.41. The van der Waals surface area contributed by atoms with Gasteiger partial charge in [0.2, 0.25) is 0 Å². The first kappa shape index (κ1) is 16.8. The van der Waals surface area contributed by atoms with Gasteiger partial charge in [-0.2, -0.15) is 0 Å². The van der Waals surface area contributed by atoms with Gasteiger partial charge in [0, 0.05) is 17.6 Å². The Hall–Kier alpha value is -2.64. The van der Waals surface area contributed by atoms with E-state index in [-0.39, 0.29) is 18.2 Å². The lowest BCUT2D eigenvalue weighted by atomic mass is 9.91. The van der Waals surface area contributed by atoms with Crippen LogP contribution in [0.2, 0.25) is 0 Å². The predicted octanol–water partition coefficient (Wildman–Crippen LogP) is 3.32. The number of amides is 1. The fraction of sp³-hybridized carbons (Fsp3) is 0.556. The molecule has 8 nitrogen and oxygen atoms in total. The van der Waals surface area contributed by atoms with Gasteiger partial charge in [0.05, 0.1) is 12.2 Å². The van der Waals surface area contributed by atoms with E-state index in [1.165, 1.54) is 0 Å². The highest BCUT2D eigenvalue weighted by Gasteiger charge is 2.27. The van der Waals surface area contributed by atoms with Crippen molar-refractivity contribution in [3.8, 4) is 0 Å². The fourth-order valence-electron chi connectivity index (χ4n) is 3.63. The number of fused-ring (bicyclic) bond motifs is 3. The third kappa shape index (κ3) is 3.23. The Kier molecular flexibility index (Phi) is 4.05. The summed E-state index contributed by atoms with van der Waals surface area (Å²) < 4.78 is 7.37. The van der Waals surface area contributed by atoms with E-state index in [0.717, 1.165) is 47.8 Å². The number of rotatable bonds is 2. The molecule has 1 aliphatic carbocycles. The van der Waals surface area contributed by atoms with Crippen LogP contribution in [0.15, 0.2) is 18.5 Å². The van der Waals surface area contributed by atoms with Crippen molar-refractivity contribution in [2.45, 2.75) is 64.1 Å². The van der Waals surface area contributed by atoms with Crippen LogP contribution >= 0.6 is 0 Å². The molecule has 0 aliphatic heterocycles. The van der Waals surface area contributed by atoms with Crippen molar-refractivity contribution in [3.63, 3.8) is 0 Å². The Morgan fingerprint density at radius 3 is 2.81 bits per heavy atom. The summed E-state index contributed by atoms with van der Waals surface area (Å²) in [6.07, 6.45) is 6.97. The number of aromatic amines is 1. The van der Waals surface area contributed by atoms with Crippen LogP contribution in [0.25, 0.3) is 22.1 Å². The first-order chi connectivity index (χ1) is 12.4. The van der Waals surface area contributed by atoms with Crippen molar-refractivity contribution in [2.75, 3.05) is 0 Å². The van der Waals surface area contributed by atoms with E-state index in [1.807, 2.05) is 37.7 Å². The fourth-order valence-corrected chi connectivity index (χ4v) is 3.63. The number of H-pyrrole nitrogens is 1. The summed E-state index contributed by atoms with van der Waals surface area (Å²) in [7, 11) is 0. The number of carbonyl (C=O) groups excluding carboxylic acids is 1. The van der Waals surface area contributed by atoms with Crippen molar-refractivity contribution < 1.29 is 9.53 Å². The van der Waals surface area contributed by atoms with E-state index in [4.69, 9.17) is 4.74 Å². The molecule has 0 spiro atoms. The molecule has 0 atom stereocenters. The summed E-state index contributed by atoms with van der Waals surface area (Å²) in [5, 5.41) is 12.7. The highest BCUT2D eigenvalue weighted by Crippen LogP contribution is 2.32. The number of nitrogens with one attached hydrogen (secondary N) is 2. The largest absolute Gasteiger partial charge is 0.444 e. The summed E-state index contributed by atoms with van der Waals surface area (Å²) in [4.78, 5) is 19.5. The number of carbonyl (C=O) groups is 1. The molecule has 0 unspecified atom stereocenters. The van der Waals surface area contributed by atoms with Crippen molar-refractivity contribution in [1.82, 2.24) is 30.3 Å². The third-order valence-corrected chi connectivity index (χ3v) is 4.78. The highest BCUT2D eigenvalue weighted by molar-refractivity contribution is 6.00. The van der Waals surface area contributed by atoms with Crippen LogP contribution in [-0.2, 0) is 4.74 Å². The SMILES string of the molecule is CC(C)(C)OC(=O)NC1CCC(n2nnc3cnc4[nH]ccc4c32)CC1. The minimum absolute atomic E-state index is 0.143. The van der Waals surface area contributed by atoms with Gasteiger partial charge in [-0.25, -0.2) is 14.5 Å². The molecule has 26 heavy (non-hydrogen) atoms. The van der Waals surface area contributed by atoms with Crippen LogP contribution < -0.4 is 5.32 Å². The van der Waals surface area contributed by atoms with Gasteiger partial charge in [-0.05, 0) is 52.5 Å². The molecule has 8 heteroatoms. The van der Waals surface area contributed by atoms with Crippen LogP contribution in [0.5, 0.6) is 0 Å². The zero-order valence-corrected chi connectivity index (χ0v) is 15.3. The molecule has 0 bridgehead atoms.